The molecule has 0 fully saturated rings. The van der Waals surface area contributed by atoms with E-state index in [2.05, 4.69) is 247 Å². The van der Waals surface area contributed by atoms with Crippen LogP contribution in [-0.2, 0) is 0 Å². The lowest BCUT2D eigenvalue weighted by atomic mass is 9.84. The highest BCUT2D eigenvalue weighted by atomic mass is 14.7. The summed E-state index contributed by atoms with van der Waals surface area (Å²) in [5, 5.41) is 0. The van der Waals surface area contributed by atoms with Gasteiger partial charge in [-0.2, -0.15) is 0 Å². The molecule has 3 nitrogen and oxygen atoms in total. The van der Waals surface area contributed by atoms with Gasteiger partial charge in [-0.05, 0) is 156 Å². The minimum Gasteiger partial charge on any atom is -0.256 e. The van der Waals surface area contributed by atoms with E-state index in [-0.39, 0.29) is 0 Å². The predicted molar refractivity (Wildman–Crippen MR) is 300 cm³/mol. The first-order valence-corrected chi connectivity index (χ1v) is 24.4. The third-order valence-corrected chi connectivity index (χ3v) is 13.5. The van der Waals surface area contributed by atoms with E-state index >= 15 is 0 Å². The standard InChI is InChI=1S/C69H47N3/c1-2-17-48(18-3-1)53-19-16-20-54(43-53)66-47-55(69-29-12-15-42-72-69)38-39-65(66)64-26-9-8-25-63(64)58-45-56(61-23-6-4-21-59(61)49-30-34-51(35-31-49)67-27-10-13-40-70-67)44-57(46-58)62-24-7-5-22-60(62)50-32-36-52(37-33-50)68-28-11-14-41-71-68/h1-47H. The fourth-order valence-corrected chi connectivity index (χ4v) is 9.95. The van der Waals surface area contributed by atoms with Crippen LogP contribution in [0, 0.1) is 0 Å². The lowest BCUT2D eigenvalue weighted by molar-refractivity contribution is 1.33. The van der Waals surface area contributed by atoms with Gasteiger partial charge in [-0.3, -0.25) is 15.0 Å². The molecule has 9 aromatic carbocycles. The summed E-state index contributed by atoms with van der Waals surface area (Å²) in [6.45, 7) is 0. The second-order valence-corrected chi connectivity index (χ2v) is 17.9. The van der Waals surface area contributed by atoms with Crippen molar-refractivity contribution in [1.82, 2.24) is 15.0 Å². The quantitative estimate of drug-likeness (QED) is 0.130. The third kappa shape index (κ3) is 8.95. The minimum absolute atomic E-state index is 0.935. The molecule has 72 heavy (non-hydrogen) atoms. The molecular weight excluding hydrogens is 871 g/mol. The van der Waals surface area contributed by atoms with Gasteiger partial charge in [-0.15, -0.1) is 0 Å². The SMILES string of the molecule is c1ccc(-c2cccc(-c3cc(-c4ccccn4)ccc3-c3ccccc3-c3cc(-c4ccccc4-c4ccc(-c5ccccn5)cc4)cc(-c4ccccc4-c4ccc(-c5ccccn5)cc4)c3)c2)cc1. The first-order chi connectivity index (χ1) is 35.7. The van der Waals surface area contributed by atoms with Crippen LogP contribution in [0.5, 0.6) is 0 Å². The van der Waals surface area contributed by atoms with E-state index in [0.717, 1.165) is 112 Å². The van der Waals surface area contributed by atoms with Crippen LogP contribution in [0.1, 0.15) is 0 Å². The first-order valence-electron chi connectivity index (χ1n) is 24.4. The highest BCUT2D eigenvalue weighted by molar-refractivity contribution is 5.97. The van der Waals surface area contributed by atoms with E-state index in [1.165, 1.54) is 11.1 Å². The summed E-state index contributed by atoms with van der Waals surface area (Å²) < 4.78 is 0. The first kappa shape index (κ1) is 43.7. The smallest absolute Gasteiger partial charge is 0.0702 e. The van der Waals surface area contributed by atoms with Crippen LogP contribution in [-0.4, -0.2) is 15.0 Å². The van der Waals surface area contributed by atoms with Gasteiger partial charge in [0.2, 0.25) is 0 Å². The van der Waals surface area contributed by atoms with Crippen LogP contribution < -0.4 is 0 Å². The van der Waals surface area contributed by atoms with E-state index in [4.69, 9.17) is 4.98 Å². The Morgan fingerprint density at radius 1 is 0.153 bits per heavy atom. The Labute approximate surface area is 421 Å². The van der Waals surface area contributed by atoms with Gasteiger partial charge in [-0.25, -0.2) is 0 Å². The summed E-state index contributed by atoms with van der Waals surface area (Å²) in [7, 11) is 0. The Hall–Kier alpha value is -9.57. The maximum absolute atomic E-state index is 4.78. The largest absolute Gasteiger partial charge is 0.256 e. The Balaban J connectivity index is 1.04. The van der Waals surface area contributed by atoms with Crippen LogP contribution >= 0.6 is 0 Å². The predicted octanol–water partition coefficient (Wildman–Crippen LogP) is 18.2. The van der Waals surface area contributed by atoms with Gasteiger partial charge in [0.1, 0.15) is 0 Å². The van der Waals surface area contributed by atoms with E-state index in [9.17, 15) is 0 Å². The fraction of sp³-hybridized carbons (Fsp3) is 0. The van der Waals surface area contributed by atoms with Crippen molar-refractivity contribution in [2.45, 2.75) is 0 Å². The highest BCUT2D eigenvalue weighted by Gasteiger charge is 2.19. The fourth-order valence-electron chi connectivity index (χ4n) is 9.95. The van der Waals surface area contributed by atoms with Crippen molar-refractivity contribution in [3.05, 3.63) is 286 Å². The Bertz CT molecular complexity index is 3670. The van der Waals surface area contributed by atoms with Crippen LogP contribution in [0.15, 0.2) is 286 Å². The number of aromatic nitrogens is 3. The Kier molecular flexibility index (Phi) is 12.0. The van der Waals surface area contributed by atoms with Crippen molar-refractivity contribution in [3.63, 3.8) is 0 Å². The molecule has 338 valence electrons. The number of rotatable bonds is 11. The second-order valence-electron chi connectivity index (χ2n) is 17.9. The number of benzene rings is 9. The average Bonchev–Trinajstić information content (AvgIpc) is 3.48. The molecule has 0 unspecified atom stereocenters. The van der Waals surface area contributed by atoms with Crippen LogP contribution in [0.4, 0.5) is 0 Å². The van der Waals surface area contributed by atoms with Gasteiger partial charge in [0, 0.05) is 35.3 Å². The number of pyridine rings is 3. The summed E-state index contributed by atoms with van der Waals surface area (Å²) >= 11 is 0. The number of nitrogens with zero attached hydrogens (tertiary/aromatic N) is 3. The van der Waals surface area contributed by atoms with E-state index < -0.39 is 0 Å². The molecule has 0 bridgehead atoms. The minimum atomic E-state index is 0.935. The molecule has 3 heterocycles. The van der Waals surface area contributed by atoms with Gasteiger partial charge in [0.05, 0.1) is 17.1 Å². The molecule has 0 N–H and O–H groups in total. The molecule has 0 spiro atoms. The Morgan fingerprint density at radius 2 is 0.486 bits per heavy atom. The normalized spacial score (nSPS) is 11.1. The van der Waals surface area contributed by atoms with Gasteiger partial charge < -0.3 is 0 Å². The highest BCUT2D eigenvalue weighted by Crippen LogP contribution is 2.45. The van der Waals surface area contributed by atoms with Crippen molar-refractivity contribution >= 4 is 0 Å². The van der Waals surface area contributed by atoms with E-state index in [1.807, 2.05) is 48.9 Å². The zero-order valence-electron chi connectivity index (χ0n) is 39.5. The summed E-state index contributed by atoms with van der Waals surface area (Å²) in [4.78, 5) is 14.0. The van der Waals surface area contributed by atoms with Crippen molar-refractivity contribution in [2.24, 2.45) is 0 Å². The lowest BCUT2D eigenvalue weighted by Crippen LogP contribution is -1.94. The van der Waals surface area contributed by atoms with Gasteiger partial charge in [-0.1, -0.05) is 200 Å². The van der Waals surface area contributed by atoms with Crippen LogP contribution in [0.3, 0.4) is 0 Å². The molecule has 3 heteroatoms. The lowest BCUT2D eigenvalue weighted by Gasteiger charge is -2.19. The molecule has 0 amide bonds. The summed E-state index contributed by atoms with van der Waals surface area (Å²) in [5.41, 5.74) is 24.4. The molecule has 0 aliphatic rings. The monoisotopic (exact) mass is 917 g/mol. The van der Waals surface area contributed by atoms with Crippen LogP contribution in [0.25, 0.3) is 123 Å². The topological polar surface area (TPSA) is 38.7 Å². The third-order valence-electron chi connectivity index (χ3n) is 13.5. The number of hydrogen-bond acceptors (Lipinski definition) is 3. The van der Waals surface area contributed by atoms with Crippen molar-refractivity contribution in [2.75, 3.05) is 0 Å². The molecule has 0 saturated heterocycles. The zero-order valence-corrected chi connectivity index (χ0v) is 39.5. The van der Waals surface area contributed by atoms with Crippen molar-refractivity contribution < 1.29 is 0 Å². The van der Waals surface area contributed by atoms with E-state index in [0.29, 0.717) is 0 Å². The molecule has 12 rings (SSSR count). The van der Waals surface area contributed by atoms with Crippen molar-refractivity contribution in [1.29, 1.82) is 0 Å². The molecule has 0 atom stereocenters. The zero-order chi connectivity index (χ0) is 48.1. The molecular formula is C69H47N3. The number of hydrogen-bond donors (Lipinski definition) is 0. The molecule has 0 radical (unpaired) electrons. The van der Waals surface area contributed by atoms with Crippen molar-refractivity contribution in [3.8, 4) is 123 Å². The van der Waals surface area contributed by atoms with Crippen LogP contribution in [0.2, 0.25) is 0 Å². The summed E-state index contributed by atoms with van der Waals surface area (Å²) in [6.07, 6.45) is 5.56. The molecule has 3 aromatic heterocycles. The summed E-state index contributed by atoms with van der Waals surface area (Å²) in [5.74, 6) is 0. The molecule has 12 aromatic rings. The average molecular weight is 918 g/mol. The molecule has 0 aliphatic carbocycles. The maximum Gasteiger partial charge on any atom is 0.0702 e. The molecule has 0 aliphatic heterocycles. The molecule has 0 saturated carbocycles. The van der Waals surface area contributed by atoms with Gasteiger partial charge >= 0.3 is 0 Å². The van der Waals surface area contributed by atoms with E-state index in [1.54, 1.807) is 0 Å². The second kappa shape index (κ2) is 19.8. The van der Waals surface area contributed by atoms with Gasteiger partial charge in [0.15, 0.2) is 0 Å². The van der Waals surface area contributed by atoms with Gasteiger partial charge in [0.25, 0.3) is 0 Å². The maximum atomic E-state index is 4.78. The summed E-state index contributed by atoms with van der Waals surface area (Å²) in [6, 6.07) is 95.7. The Morgan fingerprint density at radius 3 is 0.958 bits per heavy atom.